The Morgan fingerprint density at radius 3 is 2.61 bits per heavy atom. The van der Waals surface area contributed by atoms with E-state index >= 15 is 0 Å². The molecule has 0 bridgehead atoms. The Labute approximate surface area is 140 Å². The van der Waals surface area contributed by atoms with Crippen molar-refractivity contribution < 1.29 is 14.7 Å². The Bertz CT molecular complexity index is 825. The minimum Gasteiger partial charge on any atom is -0.507 e. The Hall–Kier alpha value is -2.04. The molecule has 120 valence electrons. The van der Waals surface area contributed by atoms with Crippen LogP contribution in [0.4, 0.5) is 0 Å². The molecule has 0 amide bonds. The Kier molecular flexibility index (Phi) is 4.55. The van der Waals surface area contributed by atoms with Gasteiger partial charge in [-0.2, -0.15) is 0 Å². The van der Waals surface area contributed by atoms with Gasteiger partial charge in [-0.25, -0.2) is 0 Å². The summed E-state index contributed by atoms with van der Waals surface area (Å²) in [6.07, 6.45) is 0. The zero-order chi connectivity index (χ0) is 16.4. The van der Waals surface area contributed by atoms with Crippen molar-refractivity contribution in [2.45, 2.75) is 20.0 Å². The SMILES string of the molecule is COc1ccc2ccc(O)c(C[NH+](C)Cc3sccc3C)c2c1. The van der Waals surface area contributed by atoms with Crippen LogP contribution in [0.1, 0.15) is 16.0 Å². The highest BCUT2D eigenvalue weighted by Gasteiger charge is 2.14. The van der Waals surface area contributed by atoms with Crippen LogP contribution in [0.3, 0.4) is 0 Å². The lowest BCUT2D eigenvalue weighted by Crippen LogP contribution is -3.06. The number of hydrogen-bond acceptors (Lipinski definition) is 3. The fraction of sp³-hybridized carbons (Fsp3) is 0.263. The van der Waals surface area contributed by atoms with Crippen molar-refractivity contribution in [1.82, 2.24) is 0 Å². The highest BCUT2D eigenvalue weighted by molar-refractivity contribution is 7.10. The molecule has 1 atom stereocenters. The molecule has 1 aromatic heterocycles. The molecule has 3 aromatic rings. The van der Waals surface area contributed by atoms with Crippen molar-refractivity contribution >= 4 is 22.1 Å². The summed E-state index contributed by atoms with van der Waals surface area (Å²) >= 11 is 1.80. The maximum Gasteiger partial charge on any atom is 0.125 e. The molecule has 1 unspecified atom stereocenters. The molecule has 3 nitrogen and oxygen atoms in total. The highest BCUT2D eigenvalue weighted by atomic mass is 32.1. The van der Waals surface area contributed by atoms with Gasteiger partial charge in [-0.05, 0) is 52.9 Å². The Morgan fingerprint density at radius 1 is 1.13 bits per heavy atom. The van der Waals surface area contributed by atoms with E-state index < -0.39 is 0 Å². The molecule has 0 aliphatic heterocycles. The van der Waals surface area contributed by atoms with Crippen molar-refractivity contribution in [3.8, 4) is 11.5 Å². The van der Waals surface area contributed by atoms with Crippen LogP contribution in [-0.2, 0) is 13.1 Å². The van der Waals surface area contributed by atoms with E-state index in [9.17, 15) is 5.11 Å². The summed E-state index contributed by atoms with van der Waals surface area (Å²) in [6.45, 7) is 3.89. The van der Waals surface area contributed by atoms with E-state index in [0.29, 0.717) is 5.75 Å². The maximum atomic E-state index is 10.4. The van der Waals surface area contributed by atoms with Crippen LogP contribution in [0.5, 0.6) is 11.5 Å². The van der Waals surface area contributed by atoms with Crippen molar-refractivity contribution in [2.75, 3.05) is 14.2 Å². The number of benzene rings is 2. The number of thiophene rings is 1. The molecular formula is C19H22NO2S+. The third-order valence-corrected chi connectivity index (χ3v) is 5.25. The van der Waals surface area contributed by atoms with E-state index in [0.717, 1.165) is 35.2 Å². The molecule has 23 heavy (non-hydrogen) atoms. The minimum atomic E-state index is 0.355. The van der Waals surface area contributed by atoms with Gasteiger partial charge in [-0.15, -0.1) is 11.3 Å². The maximum absolute atomic E-state index is 10.4. The van der Waals surface area contributed by atoms with Gasteiger partial charge < -0.3 is 14.7 Å². The number of rotatable bonds is 5. The molecule has 0 spiro atoms. The summed E-state index contributed by atoms with van der Waals surface area (Å²) in [5.74, 6) is 1.17. The lowest BCUT2D eigenvalue weighted by molar-refractivity contribution is -0.907. The number of methoxy groups -OCH3 is 1. The summed E-state index contributed by atoms with van der Waals surface area (Å²) in [7, 11) is 3.83. The van der Waals surface area contributed by atoms with E-state index in [1.165, 1.54) is 15.3 Å². The van der Waals surface area contributed by atoms with Gasteiger partial charge in [-0.3, -0.25) is 0 Å². The first-order valence-electron chi connectivity index (χ1n) is 7.71. The van der Waals surface area contributed by atoms with E-state index in [1.807, 2.05) is 24.3 Å². The van der Waals surface area contributed by atoms with Gasteiger partial charge in [0, 0.05) is 0 Å². The predicted octanol–water partition coefficient (Wildman–Crippen LogP) is 3.14. The standard InChI is InChI=1S/C19H21NO2S/c1-13-8-9-23-19(13)12-20(2)11-17-16-10-15(22-3)6-4-14(16)5-7-18(17)21/h4-10,21H,11-12H2,1-3H3/p+1. The van der Waals surface area contributed by atoms with Gasteiger partial charge in [0.1, 0.15) is 24.6 Å². The van der Waals surface area contributed by atoms with Gasteiger partial charge in [-0.1, -0.05) is 12.1 Å². The third-order valence-electron chi connectivity index (χ3n) is 4.22. The van der Waals surface area contributed by atoms with E-state index in [1.54, 1.807) is 24.5 Å². The highest BCUT2D eigenvalue weighted by Crippen LogP contribution is 2.29. The number of aromatic hydroxyl groups is 1. The molecule has 4 heteroatoms. The van der Waals surface area contributed by atoms with Gasteiger partial charge in [0.05, 0.1) is 24.6 Å². The topological polar surface area (TPSA) is 33.9 Å². The summed E-state index contributed by atoms with van der Waals surface area (Å²) < 4.78 is 5.34. The van der Waals surface area contributed by atoms with E-state index in [2.05, 4.69) is 25.4 Å². The largest absolute Gasteiger partial charge is 0.507 e. The molecule has 3 rings (SSSR count). The minimum absolute atomic E-state index is 0.355. The molecule has 0 saturated carbocycles. The van der Waals surface area contributed by atoms with Crippen molar-refractivity contribution in [3.05, 3.63) is 57.8 Å². The molecular weight excluding hydrogens is 306 g/mol. The van der Waals surface area contributed by atoms with Crippen LogP contribution >= 0.6 is 11.3 Å². The summed E-state index contributed by atoms with van der Waals surface area (Å²) in [4.78, 5) is 2.75. The van der Waals surface area contributed by atoms with Crippen LogP contribution in [0.2, 0.25) is 0 Å². The van der Waals surface area contributed by atoms with Crippen LogP contribution in [0.15, 0.2) is 41.8 Å². The van der Waals surface area contributed by atoms with Crippen LogP contribution in [0, 0.1) is 6.92 Å². The van der Waals surface area contributed by atoms with Gasteiger partial charge in [0.15, 0.2) is 0 Å². The molecule has 2 N–H and O–H groups in total. The second-order valence-electron chi connectivity index (χ2n) is 5.99. The Morgan fingerprint density at radius 2 is 1.91 bits per heavy atom. The quantitative estimate of drug-likeness (QED) is 0.754. The second kappa shape index (κ2) is 6.60. The number of ether oxygens (including phenoxy) is 1. The monoisotopic (exact) mass is 328 g/mol. The zero-order valence-corrected chi connectivity index (χ0v) is 14.5. The van der Waals surface area contributed by atoms with Crippen LogP contribution in [-0.4, -0.2) is 19.3 Å². The van der Waals surface area contributed by atoms with Gasteiger partial charge in [0.25, 0.3) is 0 Å². The molecule has 0 saturated heterocycles. The van der Waals surface area contributed by atoms with Gasteiger partial charge in [0.2, 0.25) is 0 Å². The summed E-state index contributed by atoms with van der Waals surface area (Å²) in [5, 5.41) is 14.7. The third kappa shape index (κ3) is 3.33. The fourth-order valence-corrected chi connectivity index (χ4v) is 3.91. The Balaban J connectivity index is 1.92. The molecule has 0 aliphatic carbocycles. The lowest BCUT2D eigenvalue weighted by atomic mass is 10.0. The van der Waals surface area contributed by atoms with Gasteiger partial charge >= 0.3 is 0 Å². The number of aryl methyl sites for hydroxylation is 1. The molecule has 2 aromatic carbocycles. The average Bonchev–Trinajstić information content (AvgIpc) is 2.94. The predicted molar refractivity (Wildman–Crippen MR) is 95.5 cm³/mol. The fourth-order valence-electron chi connectivity index (χ4n) is 2.89. The smallest absolute Gasteiger partial charge is 0.125 e. The van der Waals surface area contributed by atoms with Crippen LogP contribution < -0.4 is 9.64 Å². The molecule has 0 radical (unpaired) electrons. The van der Waals surface area contributed by atoms with E-state index in [4.69, 9.17) is 4.74 Å². The number of phenols is 1. The summed E-state index contributed by atoms with van der Waals surface area (Å²) in [5.41, 5.74) is 2.33. The first-order valence-corrected chi connectivity index (χ1v) is 8.59. The first-order chi connectivity index (χ1) is 11.1. The summed E-state index contributed by atoms with van der Waals surface area (Å²) in [6, 6.07) is 11.9. The first kappa shape index (κ1) is 15.8. The second-order valence-corrected chi connectivity index (χ2v) is 6.99. The lowest BCUT2D eigenvalue weighted by Gasteiger charge is -2.16. The number of fused-ring (bicyclic) bond motifs is 1. The average molecular weight is 328 g/mol. The van der Waals surface area contributed by atoms with Crippen molar-refractivity contribution in [3.63, 3.8) is 0 Å². The molecule has 0 aliphatic rings. The van der Waals surface area contributed by atoms with Crippen molar-refractivity contribution in [1.29, 1.82) is 0 Å². The number of phenolic OH excluding ortho intramolecular Hbond substituents is 1. The van der Waals surface area contributed by atoms with Crippen molar-refractivity contribution in [2.24, 2.45) is 0 Å². The number of nitrogens with one attached hydrogen (secondary N) is 1. The normalized spacial score (nSPS) is 12.5. The number of hydrogen-bond donors (Lipinski definition) is 2. The zero-order valence-electron chi connectivity index (χ0n) is 13.7. The van der Waals surface area contributed by atoms with E-state index in [-0.39, 0.29) is 0 Å². The molecule has 0 fully saturated rings. The van der Waals surface area contributed by atoms with Crippen LogP contribution in [0.25, 0.3) is 10.8 Å². The molecule has 1 heterocycles. The number of quaternary nitrogens is 1.